The summed E-state index contributed by atoms with van der Waals surface area (Å²) in [6.07, 6.45) is 4.33. The second kappa shape index (κ2) is 5.29. The molecular formula is C18H24NOS+. The molecule has 3 saturated heterocycles. The van der Waals surface area contributed by atoms with Gasteiger partial charge in [0.2, 0.25) is 0 Å². The van der Waals surface area contributed by atoms with Crippen molar-refractivity contribution in [2.24, 2.45) is 5.92 Å². The topological polar surface area (TPSA) is 9.23 Å². The minimum absolute atomic E-state index is 0.860. The number of benzene rings is 1. The van der Waals surface area contributed by atoms with Crippen molar-refractivity contribution >= 4 is 21.4 Å². The summed E-state index contributed by atoms with van der Waals surface area (Å²) < 4.78 is 8.74. The van der Waals surface area contributed by atoms with Crippen LogP contribution in [0.1, 0.15) is 24.1 Å². The molecule has 21 heavy (non-hydrogen) atoms. The van der Waals surface area contributed by atoms with Gasteiger partial charge in [-0.25, -0.2) is 0 Å². The molecule has 3 heteroatoms. The van der Waals surface area contributed by atoms with Gasteiger partial charge in [0.1, 0.15) is 18.9 Å². The largest absolute Gasteiger partial charge is 0.488 e. The predicted molar refractivity (Wildman–Crippen MR) is 89.1 cm³/mol. The highest BCUT2D eigenvalue weighted by atomic mass is 32.1. The summed E-state index contributed by atoms with van der Waals surface area (Å²) in [7, 11) is 0. The van der Waals surface area contributed by atoms with Crippen molar-refractivity contribution in [3.8, 4) is 5.75 Å². The van der Waals surface area contributed by atoms with Crippen molar-refractivity contribution < 1.29 is 9.22 Å². The van der Waals surface area contributed by atoms with Crippen LogP contribution in [-0.2, 0) is 0 Å². The monoisotopic (exact) mass is 302 g/mol. The number of nitrogens with zero attached hydrogens (tertiary/aromatic N) is 1. The molecular weight excluding hydrogens is 278 g/mol. The standard InChI is InChI=1S/C18H24NOS/c1-14-12-16-13-17(2-3-18(16)21-14)20-11-10-19-7-4-15(5-8-19)6-9-19/h2-3,12-13,15H,4-11H2,1H3/q+1. The molecule has 2 bridgehead atoms. The lowest BCUT2D eigenvalue weighted by Crippen LogP contribution is -2.59. The first-order chi connectivity index (χ1) is 10.2. The molecule has 2 aromatic rings. The Bertz CT molecular complexity index is 626. The molecule has 0 radical (unpaired) electrons. The summed E-state index contributed by atoms with van der Waals surface area (Å²) in [5, 5.41) is 1.32. The van der Waals surface area contributed by atoms with E-state index < -0.39 is 0 Å². The number of ether oxygens (including phenoxy) is 1. The summed E-state index contributed by atoms with van der Waals surface area (Å²) in [4.78, 5) is 1.37. The minimum Gasteiger partial charge on any atom is -0.488 e. The maximum Gasteiger partial charge on any atom is 0.137 e. The van der Waals surface area contributed by atoms with Crippen molar-refractivity contribution in [3.05, 3.63) is 29.1 Å². The van der Waals surface area contributed by atoms with Gasteiger partial charge in [-0.2, -0.15) is 0 Å². The fourth-order valence-corrected chi connectivity index (χ4v) is 4.98. The highest BCUT2D eigenvalue weighted by Crippen LogP contribution is 2.33. The molecule has 0 aliphatic carbocycles. The molecule has 3 aliphatic heterocycles. The number of fused-ring (bicyclic) bond motifs is 4. The fourth-order valence-electron chi connectivity index (χ4n) is 4.07. The zero-order valence-corrected chi connectivity index (χ0v) is 13.6. The second-order valence-electron chi connectivity index (χ2n) is 6.87. The molecule has 0 spiro atoms. The van der Waals surface area contributed by atoms with Crippen LogP contribution in [-0.4, -0.2) is 37.3 Å². The number of quaternary nitrogens is 1. The van der Waals surface area contributed by atoms with E-state index in [-0.39, 0.29) is 0 Å². The molecule has 4 heterocycles. The number of rotatable bonds is 4. The van der Waals surface area contributed by atoms with E-state index >= 15 is 0 Å². The number of thiophene rings is 1. The lowest BCUT2D eigenvalue weighted by molar-refractivity contribution is -0.942. The van der Waals surface area contributed by atoms with Gasteiger partial charge in [-0.15, -0.1) is 11.3 Å². The van der Waals surface area contributed by atoms with E-state index in [0.717, 1.165) is 18.3 Å². The van der Waals surface area contributed by atoms with Crippen LogP contribution in [0.4, 0.5) is 0 Å². The molecule has 2 nitrogen and oxygen atoms in total. The molecule has 0 atom stereocenters. The van der Waals surface area contributed by atoms with Gasteiger partial charge < -0.3 is 9.22 Å². The number of hydrogen-bond acceptors (Lipinski definition) is 2. The number of piperidine rings is 3. The van der Waals surface area contributed by atoms with Gasteiger partial charge in [0.15, 0.2) is 0 Å². The van der Waals surface area contributed by atoms with Gasteiger partial charge >= 0.3 is 0 Å². The van der Waals surface area contributed by atoms with Gasteiger partial charge in [-0.05, 0) is 61.8 Å². The first kappa shape index (κ1) is 13.6. The zero-order chi connectivity index (χ0) is 14.3. The Labute approximate surface area is 130 Å². The molecule has 3 fully saturated rings. The third kappa shape index (κ3) is 2.69. The Hall–Kier alpha value is -1.06. The lowest BCUT2D eigenvalue weighted by atomic mass is 9.86. The maximum absolute atomic E-state index is 6.06. The smallest absolute Gasteiger partial charge is 0.137 e. The summed E-state index contributed by atoms with van der Waals surface area (Å²) >= 11 is 1.86. The van der Waals surface area contributed by atoms with Crippen LogP contribution >= 0.6 is 11.3 Å². The van der Waals surface area contributed by atoms with Crippen LogP contribution in [0, 0.1) is 12.8 Å². The number of hydrogen-bond donors (Lipinski definition) is 0. The van der Waals surface area contributed by atoms with E-state index in [4.69, 9.17) is 4.74 Å². The van der Waals surface area contributed by atoms with Gasteiger partial charge in [0.25, 0.3) is 0 Å². The molecule has 5 rings (SSSR count). The molecule has 0 N–H and O–H groups in total. The van der Waals surface area contributed by atoms with Crippen molar-refractivity contribution in [3.63, 3.8) is 0 Å². The minimum atomic E-state index is 0.860. The van der Waals surface area contributed by atoms with Crippen LogP contribution in [0.3, 0.4) is 0 Å². The third-order valence-electron chi connectivity index (χ3n) is 5.48. The van der Waals surface area contributed by atoms with Gasteiger partial charge in [-0.1, -0.05) is 0 Å². The quantitative estimate of drug-likeness (QED) is 0.768. The summed E-state index contributed by atoms with van der Waals surface area (Å²) in [5.41, 5.74) is 0. The normalized spacial score (nSPS) is 28.1. The van der Waals surface area contributed by atoms with E-state index in [1.54, 1.807) is 0 Å². The Morgan fingerprint density at radius 1 is 1.14 bits per heavy atom. The zero-order valence-electron chi connectivity index (χ0n) is 12.8. The molecule has 3 aliphatic rings. The van der Waals surface area contributed by atoms with Crippen LogP contribution in [0.25, 0.3) is 10.1 Å². The van der Waals surface area contributed by atoms with E-state index in [1.165, 1.54) is 64.9 Å². The van der Waals surface area contributed by atoms with Crippen molar-refractivity contribution in [2.75, 3.05) is 32.8 Å². The predicted octanol–water partition coefficient (Wildman–Crippen LogP) is 4.22. The molecule has 0 unspecified atom stereocenters. The summed E-state index contributed by atoms with van der Waals surface area (Å²) in [5.74, 6) is 2.07. The number of aryl methyl sites for hydroxylation is 1. The van der Waals surface area contributed by atoms with Gasteiger partial charge in [0.05, 0.1) is 19.6 Å². The lowest BCUT2D eigenvalue weighted by Gasteiger charge is -2.49. The molecule has 0 amide bonds. The Morgan fingerprint density at radius 3 is 2.67 bits per heavy atom. The van der Waals surface area contributed by atoms with Gasteiger partial charge in [0, 0.05) is 9.58 Å². The highest BCUT2D eigenvalue weighted by Gasteiger charge is 2.39. The fraction of sp³-hybridized carbons (Fsp3) is 0.556. The first-order valence-electron chi connectivity index (χ1n) is 8.21. The molecule has 1 aromatic carbocycles. The Kier molecular flexibility index (Phi) is 3.43. The van der Waals surface area contributed by atoms with Crippen LogP contribution < -0.4 is 4.74 Å². The average molecular weight is 302 g/mol. The Balaban J connectivity index is 1.39. The van der Waals surface area contributed by atoms with Crippen LogP contribution in [0.2, 0.25) is 0 Å². The summed E-state index contributed by atoms with van der Waals surface area (Å²) in [6, 6.07) is 8.77. The summed E-state index contributed by atoms with van der Waals surface area (Å²) in [6.45, 7) is 8.37. The van der Waals surface area contributed by atoms with E-state index in [9.17, 15) is 0 Å². The van der Waals surface area contributed by atoms with Gasteiger partial charge in [-0.3, -0.25) is 0 Å². The van der Waals surface area contributed by atoms with E-state index in [1.807, 2.05) is 11.3 Å². The van der Waals surface area contributed by atoms with E-state index in [2.05, 4.69) is 31.2 Å². The molecule has 112 valence electrons. The third-order valence-corrected chi connectivity index (χ3v) is 6.51. The average Bonchev–Trinajstić information content (AvgIpc) is 2.88. The molecule has 1 aromatic heterocycles. The second-order valence-corrected chi connectivity index (χ2v) is 8.16. The van der Waals surface area contributed by atoms with Crippen molar-refractivity contribution in [1.29, 1.82) is 0 Å². The van der Waals surface area contributed by atoms with Crippen LogP contribution in [0.5, 0.6) is 5.75 Å². The highest BCUT2D eigenvalue weighted by molar-refractivity contribution is 7.19. The molecule has 0 saturated carbocycles. The van der Waals surface area contributed by atoms with E-state index in [0.29, 0.717) is 0 Å². The maximum atomic E-state index is 6.06. The van der Waals surface area contributed by atoms with Crippen molar-refractivity contribution in [2.45, 2.75) is 26.2 Å². The SMILES string of the molecule is Cc1cc2cc(OCC[N+]34CCC(CC3)CC4)ccc2s1. The van der Waals surface area contributed by atoms with Crippen molar-refractivity contribution in [1.82, 2.24) is 0 Å². The van der Waals surface area contributed by atoms with Crippen LogP contribution in [0.15, 0.2) is 24.3 Å². The Morgan fingerprint density at radius 2 is 1.90 bits per heavy atom. The first-order valence-corrected chi connectivity index (χ1v) is 9.02.